The molecule has 0 aliphatic heterocycles. The van der Waals surface area contributed by atoms with Gasteiger partial charge in [-0.25, -0.2) is 4.79 Å². The Bertz CT molecular complexity index is 1300. The molecule has 3 rings (SSSR count). The van der Waals surface area contributed by atoms with Gasteiger partial charge in [-0.1, -0.05) is 36.4 Å². The van der Waals surface area contributed by atoms with Crippen LogP contribution < -0.4 is 32.3 Å². The van der Waals surface area contributed by atoms with Crippen molar-refractivity contribution in [3.63, 3.8) is 0 Å². The van der Waals surface area contributed by atoms with Crippen molar-refractivity contribution in [1.82, 2.24) is 26.6 Å². The molecule has 2 aliphatic carbocycles. The van der Waals surface area contributed by atoms with Crippen LogP contribution in [0.15, 0.2) is 53.3 Å². The monoisotopic (exact) mass is 596 g/mol. The van der Waals surface area contributed by atoms with Crippen molar-refractivity contribution in [1.29, 1.82) is 0 Å². The molecule has 1 aromatic rings. The molecule has 5 amide bonds. The molecule has 1 aromatic carbocycles. The summed E-state index contributed by atoms with van der Waals surface area (Å²) >= 11 is 0. The fourth-order valence-corrected chi connectivity index (χ4v) is 4.75. The molecule has 2 aliphatic rings. The smallest absolute Gasteiger partial charge is 0.408 e. The largest absolute Gasteiger partial charge is 0.444 e. The van der Waals surface area contributed by atoms with E-state index >= 15 is 0 Å². The highest BCUT2D eigenvalue weighted by Crippen LogP contribution is 2.32. The summed E-state index contributed by atoms with van der Waals surface area (Å²) < 4.78 is 5.06. The average Bonchev–Trinajstić information content (AvgIpc) is 2.94. The van der Waals surface area contributed by atoms with Gasteiger partial charge in [0.1, 0.15) is 18.2 Å². The van der Waals surface area contributed by atoms with Crippen LogP contribution >= 0.6 is 0 Å². The summed E-state index contributed by atoms with van der Waals surface area (Å²) in [4.78, 5) is 74.6. The molecule has 43 heavy (non-hydrogen) atoms. The van der Waals surface area contributed by atoms with Crippen LogP contribution in [0.2, 0.25) is 0 Å². The van der Waals surface area contributed by atoms with Crippen LogP contribution in [-0.4, -0.2) is 72.8 Å². The van der Waals surface area contributed by atoms with Crippen LogP contribution in [0.1, 0.15) is 52.0 Å². The van der Waals surface area contributed by atoms with E-state index in [-0.39, 0.29) is 24.8 Å². The Labute approximate surface area is 250 Å². The first-order chi connectivity index (χ1) is 20.3. The van der Waals surface area contributed by atoms with Crippen molar-refractivity contribution in [2.45, 2.75) is 70.6 Å². The molecule has 0 spiro atoms. The van der Waals surface area contributed by atoms with E-state index in [9.17, 15) is 28.8 Å². The quantitative estimate of drug-likeness (QED) is 0.209. The van der Waals surface area contributed by atoms with Crippen molar-refractivity contribution >= 4 is 35.5 Å². The third-order valence-corrected chi connectivity index (χ3v) is 6.66. The topological polar surface area (TPSA) is 198 Å². The number of hydrogen-bond donors (Lipinski definition) is 6. The van der Waals surface area contributed by atoms with E-state index in [1.807, 2.05) is 6.07 Å². The second-order valence-electron chi connectivity index (χ2n) is 11.4. The standard InChI is InChI=1S/C30H40N6O7/c1-30(2,3)43-29(42)34-15-24(38)32-16-25(39)36-22(14-18-8-5-4-6-9-18)28(41)33-17-26(40)35-21-13-12-20(31)27-19(21)10-7-11-23(27)37/h4-6,8-9,12,21-22H,7,10-11,13-17,31H2,1-3H3,(H,32,38)(H,33,41)(H,34,42)(H,35,40)(H,36,39)/t21?,22-/m0/s1. The minimum atomic E-state index is -1.04. The van der Waals surface area contributed by atoms with Gasteiger partial charge in [0.05, 0.1) is 19.1 Å². The fourth-order valence-electron chi connectivity index (χ4n) is 4.75. The Morgan fingerprint density at radius 2 is 1.60 bits per heavy atom. The predicted molar refractivity (Wildman–Crippen MR) is 157 cm³/mol. The Balaban J connectivity index is 1.53. The lowest BCUT2D eigenvalue weighted by atomic mass is 9.80. The van der Waals surface area contributed by atoms with Crippen molar-refractivity contribution in [2.75, 3.05) is 19.6 Å². The fraction of sp³-hybridized carbons (Fsp3) is 0.467. The molecule has 0 heterocycles. The van der Waals surface area contributed by atoms with Crippen molar-refractivity contribution in [2.24, 2.45) is 5.73 Å². The Hall–Kier alpha value is -4.68. The SMILES string of the molecule is CC(C)(C)OC(=O)NCC(=O)NCC(=O)N[C@@H](Cc1ccccc1)C(=O)NCC(=O)NC1CC=C(N)C2=C1CCCC2=O. The molecule has 0 saturated heterocycles. The van der Waals surface area contributed by atoms with Gasteiger partial charge in [0, 0.05) is 24.1 Å². The van der Waals surface area contributed by atoms with Gasteiger partial charge in [-0.3, -0.25) is 24.0 Å². The van der Waals surface area contributed by atoms with Gasteiger partial charge in [-0.05, 0) is 51.2 Å². The van der Waals surface area contributed by atoms with Gasteiger partial charge in [0.25, 0.3) is 0 Å². The number of nitrogens with two attached hydrogens (primary N) is 1. The number of benzene rings is 1. The highest BCUT2D eigenvalue weighted by molar-refractivity contribution is 6.01. The second-order valence-corrected chi connectivity index (χ2v) is 11.4. The molecule has 0 bridgehead atoms. The van der Waals surface area contributed by atoms with Crippen LogP contribution in [-0.2, 0) is 35.1 Å². The maximum atomic E-state index is 13.1. The molecule has 0 radical (unpaired) electrons. The number of carbonyl (C=O) groups excluding carboxylic acids is 6. The summed E-state index contributed by atoms with van der Waals surface area (Å²) in [6.45, 7) is 3.86. The highest BCUT2D eigenvalue weighted by atomic mass is 16.6. The molecular weight excluding hydrogens is 556 g/mol. The Morgan fingerprint density at radius 1 is 0.930 bits per heavy atom. The molecule has 7 N–H and O–H groups in total. The van der Waals surface area contributed by atoms with E-state index in [1.165, 1.54) is 0 Å². The molecule has 232 valence electrons. The summed E-state index contributed by atoms with van der Waals surface area (Å²) in [5.41, 5.74) is 7.81. The van der Waals surface area contributed by atoms with Crippen molar-refractivity contribution < 1.29 is 33.5 Å². The van der Waals surface area contributed by atoms with Crippen LogP contribution in [0.5, 0.6) is 0 Å². The first-order valence-electron chi connectivity index (χ1n) is 14.2. The Morgan fingerprint density at radius 3 is 2.30 bits per heavy atom. The summed E-state index contributed by atoms with van der Waals surface area (Å²) in [5.74, 6) is -2.34. The minimum absolute atomic E-state index is 0.0303. The van der Waals surface area contributed by atoms with Gasteiger partial charge in [-0.15, -0.1) is 0 Å². The number of Topliss-reactive ketones (excluding diaryl/α,β-unsaturated/α-hetero) is 1. The molecule has 0 saturated carbocycles. The molecular formula is C30H40N6O7. The number of alkyl carbamates (subject to hydrolysis) is 1. The lowest BCUT2D eigenvalue weighted by molar-refractivity contribution is -0.130. The van der Waals surface area contributed by atoms with Crippen LogP contribution in [0.25, 0.3) is 0 Å². The highest BCUT2D eigenvalue weighted by Gasteiger charge is 2.31. The van der Waals surface area contributed by atoms with Crippen molar-refractivity contribution in [3.8, 4) is 0 Å². The normalized spacial score (nSPS) is 17.0. The van der Waals surface area contributed by atoms with E-state index in [0.717, 1.165) is 11.1 Å². The third-order valence-electron chi connectivity index (χ3n) is 6.66. The van der Waals surface area contributed by atoms with E-state index in [0.29, 0.717) is 37.0 Å². The van der Waals surface area contributed by atoms with Crippen LogP contribution in [0.4, 0.5) is 4.79 Å². The lowest BCUT2D eigenvalue weighted by Gasteiger charge is -2.30. The third kappa shape index (κ3) is 10.6. The lowest BCUT2D eigenvalue weighted by Crippen LogP contribution is -2.53. The number of rotatable bonds is 11. The molecule has 2 atom stereocenters. The molecule has 0 fully saturated rings. The first-order valence-corrected chi connectivity index (χ1v) is 14.2. The number of hydrogen-bond acceptors (Lipinski definition) is 8. The van der Waals surface area contributed by atoms with Gasteiger partial charge < -0.3 is 37.1 Å². The van der Waals surface area contributed by atoms with Crippen LogP contribution in [0.3, 0.4) is 0 Å². The van der Waals surface area contributed by atoms with Gasteiger partial charge in [0.15, 0.2) is 5.78 Å². The van der Waals surface area contributed by atoms with E-state index < -0.39 is 54.5 Å². The predicted octanol–water partition coefficient (Wildman–Crippen LogP) is 0.252. The Kier molecular flexibility index (Phi) is 11.4. The zero-order valence-electron chi connectivity index (χ0n) is 24.7. The number of carbonyl (C=O) groups is 6. The second kappa shape index (κ2) is 15.0. The molecule has 13 nitrogen and oxygen atoms in total. The number of amides is 5. The average molecular weight is 597 g/mol. The minimum Gasteiger partial charge on any atom is -0.444 e. The van der Waals surface area contributed by atoms with Gasteiger partial charge in [-0.2, -0.15) is 0 Å². The summed E-state index contributed by atoms with van der Waals surface area (Å²) in [5, 5.41) is 12.7. The molecule has 13 heteroatoms. The summed E-state index contributed by atoms with van der Waals surface area (Å²) in [7, 11) is 0. The van der Waals surface area contributed by atoms with E-state index in [2.05, 4.69) is 26.6 Å². The van der Waals surface area contributed by atoms with Gasteiger partial charge in [0.2, 0.25) is 23.6 Å². The number of ketones is 1. The maximum absolute atomic E-state index is 13.1. The maximum Gasteiger partial charge on any atom is 0.408 e. The van der Waals surface area contributed by atoms with Gasteiger partial charge >= 0.3 is 6.09 Å². The van der Waals surface area contributed by atoms with E-state index in [1.54, 1.807) is 51.1 Å². The first kappa shape index (κ1) is 32.8. The zero-order chi connectivity index (χ0) is 31.6. The van der Waals surface area contributed by atoms with Crippen LogP contribution in [0, 0.1) is 0 Å². The number of allylic oxidation sites excluding steroid dienone is 1. The molecule has 1 unspecified atom stereocenters. The number of ether oxygens (including phenoxy) is 1. The summed E-state index contributed by atoms with van der Waals surface area (Å²) in [6, 6.07) is 7.57. The van der Waals surface area contributed by atoms with E-state index in [4.69, 9.17) is 10.5 Å². The zero-order valence-corrected chi connectivity index (χ0v) is 24.7. The summed E-state index contributed by atoms with van der Waals surface area (Å²) in [6.07, 6.45) is 3.31. The molecule has 0 aromatic heterocycles. The van der Waals surface area contributed by atoms with Crippen molar-refractivity contribution in [3.05, 3.63) is 58.8 Å². The number of nitrogens with one attached hydrogen (secondary N) is 5.